The van der Waals surface area contributed by atoms with Gasteiger partial charge in [0.1, 0.15) is 12.1 Å². The van der Waals surface area contributed by atoms with E-state index in [9.17, 15) is 9.59 Å². The predicted octanol–water partition coefficient (Wildman–Crippen LogP) is 1.11. The monoisotopic (exact) mass is 288 g/mol. The average molecular weight is 288 g/mol. The molecule has 0 aliphatic heterocycles. The number of hydrogen-bond donors (Lipinski definition) is 2. The van der Waals surface area contributed by atoms with Crippen molar-refractivity contribution in [2.24, 2.45) is 5.92 Å². The molecule has 7 nitrogen and oxygen atoms in total. The second-order valence-electron chi connectivity index (χ2n) is 4.79. The number of carbonyl (C=O) groups excluding carboxylic acids is 1. The van der Waals surface area contributed by atoms with Crippen LogP contribution < -0.4 is 5.32 Å². The lowest BCUT2D eigenvalue weighted by Crippen LogP contribution is -2.29. The number of nitrogens with one attached hydrogen (secondary N) is 1. The molecule has 0 aromatic carbocycles. The number of aromatic nitrogens is 3. The standard InChI is InChI=1S/C14H16N4O3/c1-10(6-13(19)20)7-17-14(21)11-2-3-12(16-8-11)18-5-4-15-9-18/h2-5,8-10H,6-7H2,1H3,(H,17,21)(H,19,20). The van der Waals surface area contributed by atoms with Crippen molar-refractivity contribution in [1.29, 1.82) is 0 Å². The van der Waals surface area contributed by atoms with Crippen molar-refractivity contribution in [2.75, 3.05) is 6.54 Å². The number of amides is 1. The normalized spacial score (nSPS) is 11.9. The number of hydrogen-bond acceptors (Lipinski definition) is 4. The van der Waals surface area contributed by atoms with Crippen LogP contribution in [-0.2, 0) is 4.79 Å². The first-order valence-corrected chi connectivity index (χ1v) is 6.50. The van der Waals surface area contributed by atoms with E-state index in [4.69, 9.17) is 5.11 Å². The maximum Gasteiger partial charge on any atom is 0.303 e. The summed E-state index contributed by atoms with van der Waals surface area (Å²) in [4.78, 5) is 30.6. The zero-order chi connectivity index (χ0) is 15.2. The molecule has 0 aliphatic rings. The number of carboxylic acids is 1. The quantitative estimate of drug-likeness (QED) is 0.829. The van der Waals surface area contributed by atoms with Crippen LogP contribution >= 0.6 is 0 Å². The highest BCUT2D eigenvalue weighted by Crippen LogP contribution is 2.06. The van der Waals surface area contributed by atoms with Gasteiger partial charge in [-0.1, -0.05) is 6.92 Å². The number of imidazole rings is 1. The number of carbonyl (C=O) groups is 2. The topological polar surface area (TPSA) is 97.1 Å². The molecule has 0 spiro atoms. The molecule has 0 radical (unpaired) electrons. The number of aliphatic carboxylic acids is 1. The summed E-state index contributed by atoms with van der Waals surface area (Å²) in [5.41, 5.74) is 0.432. The van der Waals surface area contributed by atoms with Crippen molar-refractivity contribution < 1.29 is 14.7 Å². The van der Waals surface area contributed by atoms with Gasteiger partial charge in [-0.05, 0) is 18.1 Å². The molecule has 0 fully saturated rings. The number of rotatable bonds is 6. The minimum absolute atomic E-state index is 0.0259. The molecule has 110 valence electrons. The molecule has 0 bridgehead atoms. The van der Waals surface area contributed by atoms with E-state index in [-0.39, 0.29) is 18.2 Å². The Bertz CT molecular complexity index is 608. The second kappa shape index (κ2) is 6.65. The maximum absolute atomic E-state index is 11.9. The van der Waals surface area contributed by atoms with Gasteiger partial charge in [-0.3, -0.25) is 14.2 Å². The van der Waals surface area contributed by atoms with Gasteiger partial charge in [-0.2, -0.15) is 0 Å². The van der Waals surface area contributed by atoms with Crippen LogP contribution in [0, 0.1) is 5.92 Å². The maximum atomic E-state index is 11.9. The third-order valence-electron chi connectivity index (χ3n) is 2.91. The van der Waals surface area contributed by atoms with Gasteiger partial charge in [0.15, 0.2) is 0 Å². The van der Waals surface area contributed by atoms with E-state index >= 15 is 0 Å². The number of pyridine rings is 1. The molecule has 1 unspecified atom stereocenters. The summed E-state index contributed by atoms with van der Waals surface area (Å²) in [6.45, 7) is 2.09. The summed E-state index contributed by atoms with van der Waals surface area (Å²) < 4.78 is 1.73. The van der Waals surface area contributed by atoms with E-state index in [0.717, 1.165) is 0 Å². The van der Waals surface area contributed by atoms with Gasteiger partial charge >= 0.3 is 5.97 Å². The van der Waals surface area contributed by atoms with Crippen LogP contribution in [0.2, 0.25) is 0 Å². The van der Waals surface area contributed by atoms with Crippen LogP contribution in [0.5, 0.6) is 0 Å². The third-order valence-corrected chi connectivity index (χ3v) is 2.91. The summed E-state index contributed by atoms with van der Waals surface area (Å²) in [5.74, 6) is -0.590. The van der Waals surface area contributed by atoms with Crippen molar-refractivity contribution in [1.82, 2.24) is 19.9 Å². The van der Waals surface area contributed by atoms with Gasteiger partial charge in [-0.25, -0.2) is 9.97 Å². The first-order valence-electron chi connectivity index (χ1n) is 6.50. The van der Waals surface area contributed by atoms with Gasteiger partial charge in [0.25, 0.3) is 5.91 Å². The minimum Gasteiger partial charge on any atom is -0.481 e. The van der Waals surface area contributed by atoms with E-state index in [1.54, 1.807) is 42.3 Å². The van der Waals surface area contributed by atoms with Crippen molar-refractivity contribution in [3.8, 4) is 5.82 Å². The van der Waals surface area contributed by atoms with Crippen LogP contribution in [0.15, 0.2) is 37.1 Å². The summed E-state index contributed by atoms with van der Waals surface area (Å²) in [5, 5.41) is 11.4. The molecule has 1 atom stereocenters. The first kappa shape index (κ1) is 14.7. The Balaban J connectivity index is 1.92. The van der Waals surface area contributed by atoms with Gasteiger partial charge in [0.05, 0.1) is 5.56 Å². The molecule has 0 saturated heterocycles. The first-order chi connectivity index (χ1) is 10.1. The summed E-state index contributed by atoms with van der Waals surface area (Å²) in [7, 11) is 0. The molecule has 2 N–H and O–H groups in total. The van der Waals surface area contributed by atoms with E-state index < -0.39 is 5.97 Å². The SMILES string of the molecule is CC(CNC(=O)c1ccc(-n2ccnc2)nc1)CC(=O)O. The Morgan fingerprint density at radius 3 is 2.81 bits per heavy atom. The fourth-order valence-corrected chi connectivity index (χ4v) is 1.81. The average Bonchev–Trinajstić information content (AvgIpc) is 2.98. The van der Waals surface area contributed by atoms with Gasteiger partial charge in [0.2, 0.25) is 0 Å². The molecule has 2 heterocycles. The lowest BCUT2D eigenvalue weighted by molar-refractivity contribution is -0.137. The largest absolute Gasteiger partial charge is 0.481 e. The smallest absolute Gasteiger partial charge is 0.303 e. The lowest BCUT2D eigenvalue weighted by Gasteiger charge is -2.10. The van der Waals surface area contributed by atoms with Crippen LogP contribution in [0.3, 0.4) is 0 Å². The molecule has 0 aliphatic carbocycles. The minimum atomic E-state index is -0.872. The third kappa shape index (κ3) is 4.13. The zero-order valence-corrected chi connectivity index (χ0v) is 11.6. The van der Waals surface area contributed by atoms with Gasteiger partial charge in [0, 0.05) is 31.6 Å². The van der Waals surface area contributed by atoms with Crippen molar-refractivity contribution in [3.05, 3.63) is 42.6 Å². The fraction of sp³-hybridized carbons (Fsp3) is 0.286. The van der Waals surface area contributed by atoms with Crippen molar-refractivity contribution in [3.63, 3.8) is 0 Å². The highest BCUT2D eigenvalue weighted by Gasteiger charge is 2.11. The Hall–Kier alpha value is -2.70. The molecule has 2 aromatic rings. The Labute approximate surface area is 121 Å². The highest BCUT2D eigenvalue weighted by atomic mass is 16.4. The molecule has 2 rings (SSSR count). The second-order valence-corrected chi connectivity index (χ2v) is 4.79. The summed E-state index contributed by atoms with van der Waals surface area (Å²) in [6, 6.07) is 3.39. The van der Waals surface area contributed by atoms with Crippen molar-refractivity contribution >= 4 is 11.9 Å². The highest BCUT2D eigenvalue weighted by molar-refractivity contribution is 5.93. The van der Waals surface area contributed by atoms with Crippen LogP contribution in [-0.4, -0.2) is 38.1 Å². The Morgan fingerprint density at radius 2 is 2.24 bits per heavy atom. The van der Waals surface area contributed by atoms with Crippen molar-refractivity contribution in [2.45, 2.75) is 13.3 Å². The molecule has 21 heavy (non-hydrogen) atoms. The van der Waals surface area contributed by atoms with Gasteiger partial charge in [-0.15, -0.1) is 0 Å². The predicted molar refractivity (Wildman–Crippen MR) is 75.1 cm³/mol. The molecule has 1 amide bonds. The molecular weight excluding hydrogens is 272 g/mol. The van der Waals surface area contributed by atoms with E-state index in [0.29, 0.717) is 17.9 Å². The number of nitrogens with zero attached hydrogens (tertiary/aromatic N) is 3. The molecular formula is C14H16N4O3. The van der Waals surface area contributed by atoms with E-state index in [2.05, 4.69) is 15.3 Å². The Morgan fingerprint density at radius 1 is 1.43 bits per heavy atom. The van der Waals surface area contributed by atoms with Gasteiger partial charge < -0.3 is 10.4 Å². The Kier molecular flexibility index (Phi) is 4.65. The number of carboxylic acid groups (broad SMARTS) is 1. The van der Waals surface area contributed by atoms with E-state index in [1.165, 1.54) is 6.20 Å². The fourth-order valence-electron chi connectivity index (χ4n) is 1.81. The van der Waals surface area contributed by atoms with E-state index in [1.807, 2.05) is 0 Å². The molecule has 0 saturated carbocycles. The molecule has 7 heteroatoms. The summed E-state index contributed by atoms with van der Waals surface area (Å²) in [6.07, 6.45) is 6.53. The van der Waals surface area contributed by atoms with Crippen LogP contribution in [0.25, 0.3) is 5.82 Å². The molecule has 2 aromatic heterocycles. The zero-order valence-electron chi connectivity index (χ0n) is 11.6. The lowest BCUT2D eigenvalue weighted by atomic mass is 10.1. The van der Waals surface area contributed by atoms with Crippen LogP contribution in [0.1, 0.15) is 23.7 Å². The van der Waals surface area contributed by atoms with Crippen LogP contribution in [0.4, 0.5) is 0 Å². The summed E-state index contributed by atoms with van der Waals surface area (Å²) >= 11 is 0.